The van der Waals surface area contributed by atoms with Crippen LogP contribution in [0.3, 0.4) is 0 Å². The van der Waals surface area contributed by atoms with Gasteiger partial charge in [0.05, 0.1) is 19.2 Å². The van der Waals surface area contributed by atoms with Crippen molar-refractivity contribution in [3.8, 4) is 0 Å². The lowest BCUT2D eigenvalue weighted by Crippen LogP contribution is -2.53. The van der Waals surface area contributed by atoms with Gasteiger partial charge >= 0.3 is 0 Å². The number of aliphatic hydroxyl groups is 1. The molecule has 4 N–H and O–H groups in total. The number of Topliss-reactive ketones (excluding diaryl/α,β-unsaturated/α-hetero) is 1. The van der Waals surface area contributed by atoms with E-state index in [4.69, 9.17) is 5.73 Å². The highest BCUT2D eigenvalue weighted by Gasteiger charge is 2.52. The Bertz CT molecular complexity index is 932. The van der Waals surface area contributed by atoms with Gasteiger partial charge in [-0.3, -0.25) is 19.2 Å². The van der Waals surface area contributed by atoms with Crippen molar-refractivity contribution in [2.24, 2.45) is 11.7 Å². The van der Waals surface area contributed by atoms with Crippen molar-refractivity contribution in [3.63, 3.8) is 0 Å². The number of aliphatic hydroxyl groups excluding tert-OH is 1. The number of likely N-dealkylation sites (tertiary alicyclic amines) is 2. The average Bonchev–Trinajstić information content (AvgIpc) is 3.38. The van der Waals surface area contributed by atoms with Crippen LogP contribution in [0.25, 0.3) is 0 Å². The number of carbonyl (C=O) groups is 4. The quantitative estimate of drug-likeness (QED) is 0.467. The Hall–Kier alpha value is -2.98. The van der Waals surface area contributed by atoms with Crippen molar-refractivity contribution in [1.29, 1.82) is 0 Å². The number of nitrogens with two attached hydrogens (primary N) is 1. The molecule has 3 amide bonds. The van der Waals surface area contributed by atoms with Crippen molar-refractivity contribution in [2.45, 2.75) is 50.9 Å². The van der Waals surface area contributed by atoms with Gasteiger partial charge < -0.3 is 30.9 Å². The second-order valence-corrected chi connectivity index (χ2v) is 9.65. The number of rotatable bonds is 8. The van der Waals surface area contributed by atoms with Crippen LogP contribution in [0.4, 0.5) is 5.69 Å². The number of fused-ring (bicyclic) bond motifs is 1. The Morgan fingerprint density at radius 1 is 1.15 bits per heavy atom. The molecular formula is C24H35N5O5. The topological polar surface area (TPSA) is 136 Å². The Balaban J connectivity index is 1.76. The number of nitrogens with zero attached hydrogens (tertiary/aromatic N) is 3. The van der Waals surface area contributed by atoms with Gasteiger partial charge in [0.15, 0.2) is 5.78 Å². The smallest absolute Gasteiger partial charge is 0.251 e. The van der Waals surface area contributed by atoms with Gasteiger partial charge in [0.2, 0.25) is 11.8 Å². The molecule has 2 heterocycles. The molecule has 2 aliphatic heterocycles. The molecule has 0 aromatic heterocycles. The molecule has 4 atom stereocenters. The molecule has 2 aliphatic rings. The second-order valence-electron chi connectivity index (χ2n) is 9.65. The van der Waals surface area contributed by atoms with Crippen LogP contribution in [-0.4, -0.2) is 96.4 Å². The first kappa shape index (κ1) is 25.6. The van der Waals surface area contributed by atoms with Gasteiger partial charge in [-0.1, -0.05) is 13.8 Å². The normalized spacial score (nSPS) is 21.4. The molecule has 0 saturated carbocycles. The summed E-state index contributed by atoms with van der Waals surface area (Å²) in [6.07, 6.45) is 0.862. The van der Waals surface area contributed by atoms with Crippen molar-refractivity contribution in [2.75, 3.05) is 38.7 Å². The first-order valence-corrected chi connectivity index (χ1v) is 11.6. The largest absolute Gasteiger partial charge is 0.394 e. The van der Waals surface area contributed by atoms with Gasteiger partial charge in [0.25, 0.3) is 5.91 Å². The van der Waals surface area contributed by atoms with Crippen molar-refractivity contribution in [3.05, 3.63) is 29.8 Å². The fourth-order valence-electron chi connectivity index (χ4n) is 4.69. The number of amides is 3. The number of nitrogens with one attached hydrogen (secondary N) is 1. The van der Waals surface area contributed by atoms with Gasteiger partial charge in [0, 0.05) is 31.9 Å². The summed E-state index contributed by atoms with van der Waals surface area (Å²) < 4.78 is 0. The SMILES string of the molecule is CC(C)CC(NC(=O)c1ccc(N(C)C)cc1)C(=O)N1CCC2C1C(=O)CN2C(=O)C(N)CO. The van der Waals surface area contributed by atoms with E-state index < -0.39 is 36.7 Å². The predicted molar refractivity (Wildman–Crippen MR) is 127 cm³/mol. The van der Waals surface area contributed by atoms with Crippen molar-refractivity contribution < 1.29 is 24.3 Å². The van der Waals surface area contributed by atoms with E-state index in [-0.39, 0.29) is 30.1 Å². The molecule has 1 aromatic rings. The number of carbonyl (C=O) groups excluding carboxylic acids is 4. The Labute approximate surface area is 200 Å². The van der Waals surface area contributed by atoms with Gasteiger partial charge in [-0.25, -0.2) is 0 Å². The fraction of sp³-hybridized carbons (Fsp3) is 0.583. The van der Waals surface area contributed by atoms with Gasteiger partial charge in [-0.15, -0.1) is 0 Å². The van der Waals surface area contributed by atoms with Crippen molar-refractivity contribution in [1.82, 2.24) is 15.1 Å². The number of hydrogen-bond donors (Lipinski definition) is 3. The van der Waals surface area contributed by atoms with Crippen molar-refractivity contribution >= 4 is 29.2 Å². The van der Waals surface area contributed by atoms with E-state index >= 15 is 0 Å². The van der Waals surface area contributed by atoms with E-state index in [0.29, 0.717) is 24.9 Å². The zero-order valence-electron chi connectivity index (χ0n) is 20.2. The van der Waals surface area contributed by atoms with Gasteiger partial charge in [-0.2, -0.15) is 0 Å². The molecule has 4 unspecified atom stereocenters. The standard InChI is InChI=1S/C24H35N5O5/c1-14(2)11-18(26-22(32)15-5-7-16(8-6-15)27(3)4)24(34)28-10-9-19-21(28)20(31)12-29(19)23(33)17(25)13-30/h5-8,14,17-19,21,30H,9-13,25H2,1-4H3,(H,26,32). The lowest BCUT2D eigenvalue weighted by molar-refractivity contribution is -0.138. The van der Waals surface area contributed by atoms with E-state index in [2.05, 4.69) is 5.32 Å². The molecular weight excluding hydrogens is 438 g/mol. The van der Waals surface area contributed by atoms with E-state index in [1.807, 2.05) is 45.0 Å². The number of benzene rings is 1. The summed E-state index contributed by atoms with van der Waals surface area (Å²) in [5.41, 5.74) is 7.07. The highest BCUT2D eigenvalue weighted by molar-refractivity contribution is 6.01. The van der Waals surface area contributed by atoms with Gasteiger partial charge in [0.1, 0.15) is 18.1 Å². The fourth-order valence-corrected chi connectivity index (χ4v) is 4.69. The maximum Gasteiger partial charge on any atom is 0.251 e. The summed E-state index contributed by atoms with van der Waals surface area (Å²) in [6.45, 7) is 3.58. The molecule has 10 nitrogen and oxygen atoms in total. The second kappa shape index (κ2) is 10.5. The minimum absolute atomic E-state index is 0.128. The summed E-state index contributed by atoms with van der Waals surface area (Å²) in [5, 5.41) is 12.1. The van der Waals surface area contributed by atoms with Crippen LogP contribution in [0, 0.1) is 5.92 Å². The predicted octanol–water partition coefficient (Wildman–Crippen LogP) is -0.402. The first-order valence-electron chi connectivity index (χ1n) is 11.6. The third-order valence-corrected chi connectivity index (χ3v) is 6.46. The Kier molecular flexibility index (Phi) is 7.93. The van der Waals surface area contributed by atoms with Crippen LogP contribution in [0.15, 0.2) is 24.3 Å². The summed E-state index contributed by atoms with van der Waals surface area (Å²) in [4.78, 5) is 56.6. The molecule has 1 aromatic carbocycles. The molecule has 0 radical (unpaired) electrons. The highest BCUT2D eigenvalue weighted by atomic mass is 16.3. The molecule has 34 heavy (non-hydrogen) atoms. The lowest BCUT2D eigenvalue weighted by Gasteiger charge is -2.29. The first-order chi connectivity index (χ1) is 16.0. The molecule has 186 valence electrons. The van der Waals surface area contributed by atoms with E-state index in [9.17, 15) is 24.3 Å². The Morgan fingerprint density at radius 2 is 1.79 bits per heavy atom. The molecule has 2 saturated heterocycles. The van der Waals surface area contributed by atoms with Gasteiger partial charge in [-0.05, 0) is 43.0 Å². The molecule has 0 spiro atoms. The molecule has 3 rings (SSSR count). The minimum atomic E-state index is -1.09. The number of ketones is 1. The zero-order chi connectivity index (χ0) is 25.2. The highest BCUT2D eigenvalue weighted by Crippen LogP contribution is 2.31. The third kappa shape index (κ3) is 5.23. The van der Waals surface area contributed by atoms with E-state index in [1.165, 1.54) is 9.80 Å². The van der Waals surface area contributed by atoms with Crippen LogP contribution >= 0.6 is 0 Å². The van der Waals surface area contributed by atoms with E-state index in [0.717, 1.165) is 5.69 Å². The number of anilines is 1. The summed E-state index contributed by atoms with van der Waals surface area (Å²) in [5.74, 6) is -1.28. The molecule has 0 aliphatic carbocycles. The van der Waals surface area contributed by atoms with Crippen LogP contribution in [0.1, 0.15) is 37.0 Å². The van der Waals surface area contributed by atoms with Crippen LogP contribution in [-0.2, 0) is 14.4 Å². The maximum absolute atomic E-state index is 13.5. The van der Waals surface area contributed by atoms with E-state index in [1.54, 1.807) is 12.1 Å². The number of hydrogen-bond acceptors (Lipinski definition) is 7. The summed E-state index contributed by atoms with van der Waals surface area (Å²) in [6, 6.07) is 3.98. The molecule has 2 fully saturated rings. The Morgan fingerprint density at radius 3 is 2.35 bits per heavy atom. The summed E-state index contributed by atoms with van der Waals surface area (Å²) >= 11 is 0. The monoisotopic (exact) mass is 473 g/mol. The van der Waals surface area contributed by atoms with Crippen LogP contribution in [0.5, 0.6) is 0 Å². The summed E-state index contributed by atoms with van der Waals surface area (Å²) in [7, 11) is 3.82. The third-order valence-electron chi connectivity index (χ3n) is 6.46. The average molecular weight is 474 g/mol. The molecule has 10 heteroatoms. The lowest BCUT2D eigenvalue weighted by atomic mass is 10.0. The van der Waals surface area contributed by atoms with Crippen LogP contribution in [0.2, 0.25) is 0 Å². The maximum atomic E-state index is 13.5. The zero-order valence-corrected chi connectivity index (χ0v) is 20.2. The van der Waals surface area contributed by atoms with Crippen LogP contribution < -0.4 is 16.0 Å². The minimum Gasteiger partial charge on any atom is -0.394 e. The molecule has 0 bridgehead atoms.